The summed E-state index contributed by atoms with van der Waals surface area (Å²) in [6, 6.07) is 24.8. The van der Waals surface area contributed by atoms with Crippen LogP contribution in [0.15, 0.2) is 176 Å². The number of hydrogen-bond donors (Lipinski definition) is 6. The lowest BCUT2D eigenvalue weighted by atomic mass is 10.1. The molecule has 0 saturated carbocycles. The van der Waals surface area contributed by atoms with Gasteiger partial charge in [0.05, 0.1) is 172 Å². The molecule has 0 bridgehead atoms. The Balaban J connectivity index is 0.000000195. The standard InChI is InChI=1S/C24H20N2O8.C14H12N2O6.C12H14O6.C12H14O4.C10H2O6.C2H7NO/c1-3-8-25-19(27)15-11-17-18(12-16(15)20(25)28)22(30)26(21(17)29)9-10-34-24(32)14-6-4-13(5-7-14)23(31)33-2;17-3-1-15-11(19)7-5-9-10(6-8(7)12(15)20)14(22)16(2-4-18)13(9)21;13-5-7-17-11(15)9-1-2-10(4-3-9)12(16)18-8-6-14;1-3-8-16-12(14)10-6-4-9(5-7-10)11(13)15-2;11-7-3-1-4-6(10(14)16-8(4)12)2-5(3)9(13)15-7;3-1-2-4/h4-7,11-12H,3,8-10H2,1-2H3;5-6,17-18H,1-4H2;1-4,13-14H,5-8H2;4-7H,3,8H2,1-2H3;1-2H;4H,1-3H2. The molecular formula is C74H69N5O31. The van der Waals surface area contributed by atoms with Crippen molar-refractivity contribution >= 4 is 100 Å². The second-order valence-corrected chi connectivity index (χ2v) is 22.9. The molecule has 0 atom stereocenters. The van der Waals surface area contributed by atoms with Gasteiger partial charge in [0.25, 0.3) is 44.5 Å². The lowest BCUT2D eigenvalue weighted by Gasteiger charge is -2.05. The van der Waals surface area contributed by atoms with Gasteiger partial charge in [0.2, 0.25) is 0 Å². The van der Waals surface area contributed by atoms with Crippen molar-refractivity contribution in [2.75, 3.05) is 80.2 Å². The number of aliphatic hydroxyl groups is 5. The Bertz CT molecular complexity index is 5620. The molecule has 36 heteroatoms. The summed E-state index contributed by atoms with van der Waals surface area (Å²) in [5, 5.41) is 42.9. The molecule has 0 aliphatic carbocycles. The number of nitrogens with two attached hydrogens (primary N) is 1. The quantitative estimate of drug-likeness (QED) is 0.0362. The van der Waals surface area contributed by atoms with Crippen molar-refractivity contribution in [3.8, 4) is 0 Å². The van der Waals surface area contributed by atoms with Crippen LogP contribution in [0.5, 0.6) is 0 Å². The van der Waals surface area contributed by atoms with E-state index in [2.05, 4.69) is 18.3 Å². The number of carbonyl (C=O) groups excluding carboxylic acids is 6. The Morgan fingerprint density at radius 1 is 0.300 bits per heavy atom. The van der Waals surface area contributed by atoms with Crippen molar-refractivity contribution in [3.63, 3.8) is 0 Å². The monoisotopic (exact) mass is 1520 g/mol. The first-order chi connectivity index (χ1) is 52.6. The normalized spacial score (nSPS) is 10.8. The van der Waals surface area contributed by atoms with Crippen molar-refractivity contribution in [1.29, 1.82) is 0 Å². The number of rotatable bonds is 22. The lowest BCUT2D eigenvalue weighted by Crippen LogP contribution is -2.28. The summed E-state index contributed by atoms with van der Waals surface area (Å²) in [6.45, 7) is 2.78. The highest BCUT2D eigenvalue weighted by molar-refractivity contribution is 6.01. The third-order valence-electron chi connectivity index (χ3n) is 15.8. The first kappa shape index (κ1) is 84.0. The maximum absolute atomic E-state index is 12.8. The Kier molecular flexibility index (Phi) is 29.7. The molecular weight excluding hydrogens is 1450 g/mol. The van der Waals surface area contributed by atoms with Gasteiger partial charge in [-0.1, -0.05) is 13.8 Å². The largest absolute Gasteiger partial charge is 0.465 e. The van der Waals surface area contributed by atoms with Crippen LogP contribution in [0.4, 0.5) is 0 Å². The van der Waals surface area contributed by atoms with Crippen LogP contribution in [0, 0.1) is 0 Å². The highest BCUT2D eigenvalue weighted by Crippen LogP contribution is 2.18. The maximum atomic E-state index is 12.8. The number of furan rings is 2. The van der Waals surface area contributed by atoms with Crippen molar-refractivity contribution in [3.05, 3.63) is 267 Å². The van der Waals surface area contributed by atoms with Gasteiger partial charge < -0.3 is 68.5 Å². The highest BCUT2D eigenvalue weighted by Gasteiger charge is 2.23. The van der Waals surface area contributed by atoms with Crippen LogP contribution < -0.4 is 72.7 Å². The molecule has 0 radical (unpaired) electrons. The van der Waals surface area contributed by atoms with Crippen LogP contribution in [-0.2, 0) is 54.6 Å². The fourth-order valence-electron chi connectivity index (χ4n) is 10.5. The summed E-state index contributed by atoms with van der Waals surface area (Å²) in [6.07, 6.45) is 1.37. The van der Waals surface area contributed by atoms with Gasteiger partial charge >= 0.3 is 58.3 Å². The van der Waals surface area contributed by atoms with Crippen LogP contribution in [-0.4, -0.2) is 160 Å². The fraction of sp³-hybridized carbons (Fsp3) is 0.270. The number of aromatic nitrogens is 4. The summed E-state index contributed by atoms with van der Waals surface area (Å²) in [4.78, 5) is 213. The molecule has 0 spiro atoms. The Morgan fingerprint density at radius 3 is 0.736 bits per heavy atom. The van der Waals surface area contributed by atoms with Gasteiger partial charge in [0, 0.05) is 13.1 Å². The van der Waals surface area contributed by atoms with E-state index in [-0.39, 0.29) is 172 Å². The average Bonchev–Trinajstić information content (AvgIpc) is 1.60. The molecule has 12 rings (SSSR count). The van der Waals surface area contributed by atoms with Crippen molar-refractivity contribution < 1.29 is 91.6 Å². The smallest absolute Gasteiger partial charge is 0.346 e. The van der Waals surface area contributed by atoms with E-state index in [0.29, 0.717) is 30.7 Å². The van der Waals surface area contributed by atoms with Crippen LogP contribution in [0.3, 0.4) is 0 Å². The molecule has 0 amide bonds. The van der Waals surface area contributed by atoms with E-state index in [1.165, 1.54) is 99.1 Å². The average molecular weight is 1520 g/mol. The van der Waals surface area contributed by atoms with E-state index in [0.717, 1.165) is 36.8 Å². The molecule has 0 unspecified atom stereocenters. The summed E-state index contributed by atoms with van der Waals surface area (Å²) in [7, 11) is 2.56. The summed E-state index contributed by atoms with van der Waals surface area (Å²) in [5.74, 6) is -3.18. The van der Waals surface area contributed by atoms with Crippen LogP contribution >= 0.6 is 0 Å². The Morgan fingerprint density at radius 2 is 0.518 bits per heavy atom. The van der Waals surface area contributed by atoms with Crippen molar-refractivity contribution in [1.82, 2.24) is 18.3 Å². The van der Waals surface area contributed by atoms with Gasteiger partial charge in [0.15, 0.2) is 0 Å². The molecule has 0 aliphatic rings. The molecule has 7 N–H and O–H groups in total. The SMILES string of the molecule is CCCOC(=O)c1ccc(C(=O)OC)cc1.CCCn1c(=O)c2cc3c(=O)n(CCOC(=O)c4ccc(C(=O)OC)cc4)c(=O)c3cc2c1=O.NCCO.O=C(OCCO)c1ccc(C(=O)OCCO)cc1.O=c1c2cc3c(=O)n(CCO)c(=O)c3cc2c(=O)n1CCO.O=c1oc(=O)c2cc3c(=O)oc(=O)c3cc12. The molecule has 12 aromatic rings. The van der Waals surface area contributed by atoms with Crippen LogP contribution in [0.25, 0.3) is 64.6 Å². The predicted molar refractivity (Wildman–Crippen MR) is 391 cm³/mol. The zero-order valence-electron chi connectivity index (χ0n) is 58.9. The zero-order valence-corrected chi connectivity index (χ0v) is 58.9. The Labute approximate surface area is 613 Å². The van der Waals surface area contributed by atoms with Gasteiger partial charge in [-0.05, 0) is 122 Å². The van der Waals surface area contributed by atoms with E-state index < -0.39 is 96.8 Å². The minimum Gasteiger partial charge on any atom is -0.465 e. The maximum Gasteiger partial charge on any atom is 0.346 e. The third-order valence-corrected chi connectivity index (χ3v) is 15.8. The van der Waals surface area contributed by atoms with E-state index in [4.69, 9.17) is 50.2 Å². The highest BCUT2D eigenvalue weighted by atomic mass is 16.6. The number of methoxy groups -OCH3 is 2. The van der Waals surface area contributed by atoms with Gasteiger partial charge in [-0.15, -0.1) is 0 Å². The minimum atomic E-state index is -0.824. The number of hydrogen-bond acceptors (Lipinski definition) is 32. The fourth-order valence-corrected chi connectivity index (χ4v) is 10.5. The van der Waals surface area contributed by atoms with Crippen molar-refractivity contribution in [2.45, 2.75) is 52.9 Å². The van der Waals surface area contributed by atoms with E-state index in [1.807, 2.05) is 13.8 Å². The number of nitrogens with zero attached hydrogens (tertiary/aromatic N) is 4. The van der Waals surface area contributed by atoms with Gasteiger partial charge in [-0.3, -0.25) is 56.6 Å². The van der Waals surface area contributed by atoms with Crippen molar-refractivity contribution in [2.24, 2.45) is 5.73 Å². The Hall–Kier alpha value is -13.3. The molecule has 6 heterocycles. The topological polar surface area (TPSA) is 536 Å². The van der Waals surface area contributed by atoms with Crippen LogP contribution in [0.1, 0.15) is 88.8 Å². The number of ether oxygens (including phenoxy) is 6. The molecule has 6 aromatic heterocycles. The predicted octanol–water partition coefficient (Wildman–Crippen LogP) is -0.679. The molecule has 36 nitrogen and oxygen atoms in total. The number of fused-ring (bicyclic) bond motifs is 6. The van der Waals surface area contributed by atoms with E-state index in [1.54, 1.807) is 12.1 Å². The zero-order chi connectivity index (χ0) is 80.8. The third kappa shape index (κ3) is 19.1. The summed E-state index contributed by atoms with van der Waals surface area (Å²) >= 11 is 0. The van der Waals surface area contributed by atoms with Crippen LogP contribution in [0.2, 0.25) is 0 Å². The molecule has 110 heavy (non-hydrogen) atoms. The number of benzene rings is 6. The van der Waals surface area contributed by atoms with Gasteiger partial charge in [-0.2, -0.15) is 0 Å². The summed E-state index contributed by atoms with van der Waals surface area (Å²) in [5.41, 5.74) is -1.30. The summed E-state index contributed by atoms with van der Waals surface area (Å²) < 4.78 is 41.1. The van der Waals surface area contributed by atoms with Gasteiger partial charge in [-0.25, -0.2) is 47.9 Å². The molecule has 0 fully saturated rings. The first-order valence-corrected chi connectivity index (χ1v) is 33.1. The molecule has 0 saturated heterocycles. The second-order valence-electron chi connectivity index (χ2n) is 22.9. The second kappa shape index (κ2) is 38.8. The van der Waals surface area contributed by atoms with Gasteiger partial charge in [0.1, 0.15) is 19.8 Å². The lowest BCUT2D eigenvalue weighted by molar-refractivity contribution is 0.0422. The number of esters is 6. The molecule has 6 aromatic carbocycles. The van der Waals surface area contributed by atoms with E-state index in [9.17, 15) is 86.3 Å². The molecule has 0 aliphatic heterocycles. The van der Waals surface area contributed by atoms with E-state index >= 15 is 0 Å². The first-order valence-electron chi connectivity index (χ1n) is 33.1. The molecule has 576 valence electrons. The number of aliphatic hydroxyl groups excluding tert-OH is 5. The minimum absolute atomic E-state index is 0.0181. The number of carbonyl (C=O) groups is 6.